The lowest BCUT2D eigenvalue weighted by atomic mass is 9.97. The first-order valence-corrected chi connectivity index (χ1v) is 12.3. The minimum atomic E-state index is 0.874. The molecular weight excluding hydrogens is 438 g/mol. The molecule has 0 bridgehead atoms. The number of nitrogens with zero attached hydrogens (tertiary/aromatic N) is 1. The van der Waals surface area contributed by atoms with Gasteiger partial charge in [-0.1, -0.05) is 97.1 Å². The number of rotatable bonds is 2. The van der Waals surface area contributed by atoms with E-state index in [0.29, 0.717) is 0 Å². The van der Waals surface area contributed by atoms with Crippen molar-refractivity contribution in [2.24, 2.45) is 0 Å². The summed E-state index contributed by atoms with van der Waals surface area (Å²) < 4.78 is 8.97. The molecule has 0 radical (unpaired) electrons. The lowest BCUT2D eigenvalue weighted by molar-refractivity contribution is 0.648. The molecule has 0 spiro atoms. The summed E-state index contributed by atoms with van der Waals surface area (Å²) in [5.74, 6) is 0. The van der Waals surface area contributed by atoms with Crippen molar-refractivity contribution in [2.45, 2.75) is 0 Å². The summed E-state index contributed by atoms with van der Waals surface area (Å²) in [5.41, 5.74) is 9.90. The Bertz CT molecular complexity index is 2040. The molecule has 6 aromatic carbocycles. The third-order valence-corrected chi connectivity index (χ3v) is 7.36. The van der Waals surface area contributed by atoms with E-state index in [0.717, 1.165) is 27.9 Å². The third kappa shape index (κ3) is 2.73. The summed E-state index contributed by atoms with van der Waals surface area (Å²) in [7, 11) is 0. The van der Waals surface area contributed by atoms with Crippen molar-refractivity contribution in [3.8, 4) is 27.9 Å². The van der Waals surface area contributed by atoms with Crippen LogP contribution >= 0.6 is 0 Å². The van der Waals surface area contributed by atoms with E-state index in [1.54, 1.807) is 0 Å². The lowest BCUT2D eigenvalue weighted by Crippen LogP contribution is -2.05. The quantitative estimate of drug-likeness (QED) is 0.186. The van der Waals surface area contributed by atoms with E-state index < -0.39 is 0 Å². The van der Waals surface area contributed by atoms with Crippen LogP contribution in [0.15, 0.2) is 132 Å². The van der Waals surface area contributed by atoms with E-state index in [9.17, 15) is 0 Å². The van der Waals surface area contributed by atoms with Gasteiger partial charge in [0.25, 0.3) is 0 Å². The van der Waals surface area contributed by atoms with Gasteiger partial charge in [0, 0.05) is 10.8 Å². The van der Waals surface area contributed by atoms with Crippen LogP contribution in [0.2, 0.25) is 0 Å². The van der Waals surface area contributed by atoms with Gasteiger partial charge < -0.3 is 8.98 Å². The number of fused-ring (bicyclic) bond motifs is 5. The van der Waals surface area contributed by atoms with Gasteiger partial charge >= 0.3 is 0 Å². The van der Waals surface area contributed by atoms with Crippen molar-refractivity contribution in [2.75, 3.05) is 0 Å². The Kier molecular flexibility index (Phi) is 3.97. The molecule has 2 aliphatic heterocycles. The van der Waals surface area contributed by atoms with E-state index in [-0.39, 0.29) is 0 Å². The molecule has 0 N–H and O–H groups in total. The summed E-state index contributed by atoms with van der Waals surface area (Å²) in [5, 5.41) is 4.99. The molecule has 8 rings (SSSR count). The first-order valence-electron chi connectivity index (χ1n) is 12.3. The highest BCUT2D eigenvalue weighted by molar-refractivity contribution is 6.20. The molecule has 0 saturated heterocycles. The molecule has 0 aromatic heterocycles. The first-order chi connectivity index (χ1) is 17.8. The standard InChI is InChI=1S/C34H21NO/c1-2-8-22(9-3-1)24-11-6-12-25(20-24)26-16-18-30-32(21-26)36-31-19-17-23-10-7-14-28-27-13-4-5-15-29(27)35(30)34(31)33(23)28/h1-21H. The average molecular weight is 460 g/mol. The molecular formula is C34H21NO. The van der Waals surface area contributed by atoms with Crippen LogP contribution in [0.4, 0.5) is 0 Å². The molecule has 6 aromatic rings. The second-order valence-electron chi connectivity index (χ2n) is 9.40. The predicted molar refractivity (Wildman–Crippen MR) is 150 cm³/mol. The maximum absolute atomic E-state index is 6.60. The van der Waals surface area contributed by atoms with E-state index in [4.69, 9.17) is 4.42 Å². The maximum atomic E-state index is 6.60. The molecule has 0 unspecified atom stereocenters. The predicted octanol–water partition coefficient (Wildman–Crippen LogP) is 9.45. The van der Waals surface area contributed by atoms with Gasteiger partial charge in [-0.3, -0.25) is 0 Å². The highest BCUT2D eigenvalue weighted by Crippen LogP contribution is 2.42. The first kappa shape index (κ1) is 19.5. The SMILES string of the molecule is c1ccc(-c2cccc(-c3ccc4c(c3)oc3ccc5cccc6c7ccccc7n4-c3c56)c2)cc1. The molecule has 2 aliphatic rings. The van der Waals surface area contributed by atoms with Crippen molar-refractivity contribution in [1.29, 1.82) is 0 Å². The van der Waals surface area contributed by atoms with Gasteiger partial charge in [0.05, 0.1) is 16.7 Å². The van der Waals surface area contributed by atoms with Crippen molar-refractivity contribution in [3.63, 3.8) is 0 Å². The summed E-state index contributed by atoms with van der Waals surface area (Å²) >= 11 is 0. The van der Waals surface area contributed by atoms with Crippen LogP contribution in [0, 0.1) is 0 Å². The highest BCUT2D eigenvalue weighted by Gasteiger charge is 2.21. The molecule has 2 nitrogen and oxygen atoms in total. The molecule has 0 amide bonds. The zero-order valence-corrected chi connectivity index (χ0v) is 19.5. The summed E-state index contributed by atoms with van der Waals surface area (Å²) in [6.07, 6.45) is 0. The van der Waals surface area contributed by atoms with Crippen LogP contribution in [-0.4, -0.2) is 4.57 Å². The Labute approximate surface area is 208 Å². The molecule has 0 fully saturated rings. The summed E-state index contributed by atoms with van der Waals surface area (Å²) in [6.45, 7) is 0. The summed E-state index contributed by atoms with van der Waals surface area (Å²) in [6, 6.07) is 45.3. The van der Waals surface area contributed by atoms with Crippen LogP contribution in [0.25, 0.3) is 71.7 Å². The number of hydrogen-bond acceptors (Lipinski definition) is 1. The van der Waals surface area contributed by atoms with E-state index in [1.807, 2.05) is 0 Å². The smallest absolute Gasteiger partial charge is 0.152 e. The molecule has 0 aliphatic carbocycles. The lowest BCUT2D eigenvalue weighted by Gasteiger charge is -2.23. The van der Waals surface area contributed by atoms with E-state index >= 15 is 0 Å². The minimum Gasteiger partial charge on any atom is -0.453 e. The van der Waals surface area contributed by atoms with Crippen LogP contribution in [0.3, 0.4) is 0 Å². The molecule has 2 heteroatoms. The Hall–Kier alpha value is -4.82. The van der Waals surface area contributed by atoms with Crippen LogP contribution in [-0.2, 0) is 0 Å². The fourth-order valence-electron chi connectivity index (χ4n) is 5.72. The van der Waals surface area contributed by atoms with E-state index in [2.05, 4.69) is 132 Å². The van der Waals surface area contributed by atoms with Gasteiger partial charge in [-0.15, -0.1) is 0 Å². The van der Waals surface area contributed by atoms with Gasteiger partial charge in [0.2, 0.25) is 0 Å². The van der Waals surface area contributed by atoms with Gasteiger partial charge in [-0.2, -0.15) is 0 Å². The molecule has 168 valence electrons. The molecule has 36 heavy (non-hydrogen) atoms. The van der Waals surface area contributed by atoms with Crippen molar-refractivity contribution < 1.29 is 4.42 Å². The van der Waals surface area contributed by atoms with Crippen molar-refractivity contribution in [3.05, 3.63) is 127 Å². The zero-order chi connectivity index (χ0) is 23.6. The Morgan fingerprint density at radius 1 is 0.444 bits per heavy atom. The number of aromatic nitrogens is 1. The Balaban J connectivity index is 1.44. The fraction of sp³-hybridized carbons (Fsp3) is 0. The summed E-state index contributed by atoms with van der Waals surface area (Å²) in [4.78, 5) is 0. The molecule has 0 saturated carbocycles. The van der Waals surface area contributed by atoms with Crippen molar-refractivity contribution >= 4 is 43.7 Å². The Morgan fingerprint density at radius 3 is 2.08 bits per heavy atom. The van der Waals surface area contributed by atoms with E-state index in [1.165, 1.54) is 43.8 Å². The zero-order valence-electron chi connectivity index (χ0n) is 19.5. The van der Waals surface area contributed by atoms with Gasteiger partial charge in [-0.25, -0.2) is 0 Å². The van der Waals surface area contributed by atoms with Crippen molar-refractivity contribution in [1.82, 2.24) is 4.57 Å². The average Bonchev–Trinajstić information content (AvgIpc) is 2.96. The topological polar surface area (TPSA) is 18.1 Å². The van der Waals surface area contributed by atoms with Gasteiger partial charge in [0.1, 0.15) is 0 Å². The molecule has 0 atom stereocenters. The van der Waals surface area contributed by atoms with Crippen LogP contribution in [0.1, 0.15) is 0 Å². The minimum absolute atomic E-state index is 0.874. The third-order valence-electron chi connectivity index (χ3n) is 7.36. The normalized spacial score (nSPS) is 11.9. The van der Waals surface area contributed by atoms with Crippen LogP contribution in [0.5, 0.6) is 0 Å². The Morgan fingerprint density at radius 2 is 1.17 bits per heavy atom. The van der Waals surface area contributed by atoms with Gasteiger partial charge in [-0.05, 0) is 63.4 Å². The fourth-order valence-corrected chi connectivity index (χ4v) is 5.72. The number of hydrogen-bond donors (Lipinski definition) is 0. The second kappa shape index (κ2) is 7.34. The molecule has 2 heterocycles. The number of para-hydroxylation sites is 1. The van der Waals surface area contributed by atoms with Crippen LogP contribution < -0.4 is 0 Å². The maximum Gasteiger partial charge on any atom is 0.152 e. The second-order valence-corrected chi connectivity index (χ2v) is 9.40. The highest BCUT2D eigenvalue weighted by atomic mass is 16.3. The largest absolute Gasteiger partial charge is 0.453 e. The number of benzene rings is 6. The monoisotopic (exact) mass is 459 g/mol. The number of pyridine rings is 1. The van der Waals surface area contributed by atoms with Gasteiger partial charge in [0.15, 0.2) is 11.2 Å².